The number of nitrogens with two attached hydrogens (primary N) is 1. The second-order valence-electron chi connectivity index (χ2n) is 3.43. The number of nitrogens with one attached hydrogen (secondary N) is 1. The standard InChI is InChI=1S/C12H14N2OS/c1-15-11-6-9(13)5-10(7-11)14-8-12-3-2-4-16-12/h2-7,14H,8,13H2,1H3. The van der Waals surface area contributed by atoms with Crippen molar-refractivity contribution in [2.24, 2.45) is 0 Å². The zero-order valence-corrected chi connectivity index (χ0v) is 9.88. The lowest BCUT2D eigenvalue weighted by Crippen LogP contribution is -1.99. The van der Waals surface area contributed by atoms with Gasteiger partial charge in [0.1, 0.15) is 5.75 Å². The molecule has 0 bridgehead atoms. The molecule has 1 aromatic carbocycles. The summed E-state index contributed by atoms with van der Waals surface area (Å²) in [6, 6.07) is 9.78. The van der Waals surface area contributed by atoms with Crippen LogP contribution in [0.1, 0.15) is 4.88 Å². The molecule has 0 spiro atoms. The first-order valence-corrected chi connectivity index (χ1v) is 5.87. The lowest BCUT2D eigenvalue weighted by Gasteiger charge is -2.08. The van der Waals surface area contributed by atoms with Gasteiger partial charge in [-0.2, -0.15) is 0 Å². The van der Waals surface area contributed by atoms with E-state index in [4.69, 9.17) is 10.5 Å². The zero-order valence-electron chi connectivity index (χ0n) is 9.07. The van der Waals surface area contributed by atoms with Crippen LogP contribution in [-0.4, -0.2) is 7.11 Å². The van der Waals surface area contributed by atoms with Crippen LogP contribution in [0.4, 0.5) is 11.4 Å². The SMILES string of the molecule is COc1cc(N)cc(NCc2cccs2)c1. The molecule has 0 aliphatic carbocycles. The second-order valence-corrected chi connectivity index (χ2v) is 4.46. The van der Waals surface area contributed by atoms with E-state index in [1.807, 2.05) is 18.2 Å². The quantitative estimate of drug-likeness (QED) is 0.800. The number of rotatable bonds is 4. The molecule has 2 aromatic rings. The molecule has 0 radical (unpaired) electrons. The Morgan fingerprint density at radius 1 is 1.38 bits per heavy atom. The Balaban J connectivity index is 2.06. The minimum atomic E-state index is 0.702. The molecule has 0 amide bonds. The van der Waals surface area contributed by atoms with E-state index >= 15 is 0 Å². The molecule has 0 aliphatic rings. The van der Waals surface area contributed by atoms with Gasteiger partial charge in [-0.3, -0.25) is 0 Å². The average Bonchev–Trinajstić information content (AvgIpc) is 2.78. The van der Waals surface area contributed by atoms with Gasteiger partial charge in [0, 0.05) is 34.9 Å². The third kappa shape index (κ3) is 2.67. The monoisotopic (exact) mass is 234 g/mol. The summed E-state index contributed by atoms with van der Waals surface area (Å²) in [4.78, 5) is 1.29. The van der Waals surface area contributed by atoms with Crippen molar-refractivity contribution < 1.29 is 4.74 Å². The largest absolute Gasteiger partial charge is 0.497 e. The highest BCUT2D eigenvalue weighted by Crippen LogP contribution is 2.23. The molecule has 0 saturated heterocycles. The average molecular weight is 234 g/mol. The first-order valence-electron chi connectivity index (χ1n) is 4.99. The van der Waals surface area contributed by atoms with Crippen LogP contribution in [0.5, 0.6) is 5.75 Å². The smallest absolute Gasteiger partial charge is 0.122 e. The molecule has 0 unspecified atom stereocenters. The van der Waals surface area contributed by atoms with E-state index in [1.165, 1.54) is 4.88 Å². The van der Waals surface area contributed by atoms with Crippen LogP contribution in [0.25, 0.3) is 0 Å². The van der Waals surface area contributed by atoms with Gasteiger partial charge in [0.05, 0.1) is 7.11 Å². The van der Waals surface area contributed by atoms with Crippen molar-refractivity contribution in [1.29, 1.82) is 0 Å². The Morgan fingerprint density at radius 3 is 2.94 bits per heavy atom. The number of thiophene rings is 1. The molecule has 2 rings (SSSR count). The van der Waals surface area contributed by atoms with Crippen molar-refractivity contribution in [3.05, 3.63) is 40.6 Å². The van der Waals surface area contributed by atoms with E-state index in [-0.39, 0.29) is 0 Å². The van der Waals surface area contributed by atoms with E-state index in [0.717, 1.165) is 18.0 Å². The van der Waals surface area contributed by atoms with E-state index in [0.29, 0.717) is 5.69 Å². The third-order valence-electron chi connectivity index (χ3n) is 2.21. The van der Waals surface area contributed by atoms with E-state index in [9.17, 15) is 0 Å². The minimum absolute atomic E-state index is 0.702. The van der Waals surface area contributed by atoms with Crippen LogP contribution in [0.15, 0.2) is 35.7 Å². The molecule has 16 heavy (non-hydrogen) atoms. The minimum Gasteiger partial charge on any atom is -0.497 e. The highest BCUT2D eigenvalue weighted by Gasteiger charge is 1.99. The Morgan fingerprint density at radius 2 is 2.25 bits per heavy atom. The zero-order chi connectivity index (χ0) is 11.4. The van der Waals surface area contributed by atoms with Gasteiger partial charge in [-0.05, 0) is 17.5 Å². The molecule has 3 nitrogen and oxygen atoms in total. The van der Waals surface area contributed by atoms with Gasteiger partial charge in [-0.1, -0.05) is 6.07 Å². The summed E-state index contributed by atoms with van der Waals surface area (Å²) in [5.41, 5.74) is 7.45. The van der Waals surface area contributed by atoms with Gasteiger partial charge >= 0.3 is 0 Å². The van der Waals surface area contributed by atoms with Crippen LogP contribution < -0.4 is 15.8 Å². The second kappa shape index (κ2) is 4.90. The summed E-state index contributed by atoms with van der Waals surface area (Å²) in [6.45, 7) is 0.810. The summed E-state index contributed by atoms with van der Waals surface area (Å²) in [6.07, 6.45) is 0. The Kier molecular flexibility index (Phi) is 3.31. The fourth-order valence-electron chi connectivity index (χ4n) is 1.44. The predicted molar refractivity (Wildman–Crippen MR) is 69.1 cm³/mol. The number of benzene rings is 1. The first kappa shape index (κ1) is 10.8. The maximum atomic E-state index is 5.77. The summed E-state index contributed by atoms with van der Waals surface area (Å²) in [5, 5.41) is 5.38. The molecule has 3 N–H and O–H groups in total. The van der Waals surface area contributed by atoms with Crippen molar-refractivity contribution in [1.82, 2.24) is 0 Å². The van der Waals surface area contributed by atoms with Crippen LogP contribution in [-0.2, 0) is 6.54 Å². The van der Waals surface area contributed by atoms with Gasteiger partial charge in [-0.15, -0.1) is 11.3 Å². The summed E-state index contributed by atoms with van der Waals surface area (Å²) < 4.78 is 5.16. The van der Waals surface area contributed by atoms with Crippen molar-refractivity contribution in [2.45, 2.75) is 6.54 Å². The molecule has 0 saturated carbocycles. The highest BCUT2D eigenvalue weighted by atomic mass is 32.1. The summed E-state index contributed by atoms with van der Waals surface area (Å²) in [7, 11) is 1.64. The number of hydrogen-bond donors (Lipinski definition) is 2. The highest BCUT2D eigenvalue weighted by molar-refractivity contribution is 7.09. The fraction of sp³-hybridized carbons (Fsp3) is 0.167. The van der Waals surface area contributed by atoms with Gasteiger partial charge < -0.3 is 15.8 Å². The number of nitrogen functional groups attached to an aromatic ring is 1. The third-order valence-corrected chi connectivity index (χ3v) is 3.09. The van der Waals surface area contributed by atoms with Gasteiger partial charge in [0.25, 0.3) is 0 Å². The maximum absolute atomic E-state index is 5.77. The van der Waals surface area contributed by atoms with Gasteiger partial charge in [0.2, 0.25) is 0 Å². The fourth-order valence-corrected chi connectivity index (χ4v) is 2.09. The molecule has 4 heteroatoms. The molecule has 0 aliphatic heterocycles. The lowest BCUT2D eigenvalue weighted by atomic mass is 10.2. The normalized spacial score (nSPS) is 10.1. The van der Waals surface area contributed by atoms with Crippen LogP contribution in [0.3, 0.4) is 0 Å². The molecule has 0 fully saturated rings. The summed E-state index contributed by atoms with van der Waals surface area (Å²) in [5.74, 6) is 0.772. The van der Waals surface area contributed by atoms with Gasteiger partial charge in [-0.25, -0.2) is 0 Å². The van der Waals surface area contributed by atoms with Crippen LogP contribution in [0.2, 0.25) is 0 Å². The van der Waals surface area contributed by atoms with E-state index in [1.54, 1.807) is 24.5 Å². The number of hydrogen-bond acceptors (Lipinski definition) is 4. The van der Waals surface area contributed by atoms with E-state index < -0.39 is 0 Å². The van der Waals surface area contributed by atoms with Crippen molar-refractivity contribution in [3.8, 4) is 5.75 Å². The van der Waals surface area contributed by atoms with Crippen molar-refractivity contribution in [3.63, 3.8) is 0 Å². The van der Waals surface area contributed by atoms with Gasteiger partial charge in [0.15, 0.2) is 0 Å². The lowest BCUT2D eigenvalue weighted by molar-refractivity contribution is 0.415. The molecule has 1 heterocycles. The van der Waals surface area contributed by atoms with Crippen LogP contribution >= 0.6 is 11.3 Å². The molecule has 1 aromatic heterocycles. The predicted octanol–water partition coefficient (Wildman–Crippen LogP) is 2.95. The Labute approximate surface area is 98.9 Å². The Hall–Kier alpha value is -1.68. The molecular formula is C12H14N2OS. The topological polar surface area (TPSA) is 47.3 Å². The summed E-state index contributed by atoms with van der Waals surface area (Å²) >= 11 is 1.73. The molecule has 84 valence electrons. The first-order chi connectivity index (χ1) is 7.78. The van der Waals surface area contributed by atoms with Crippen molar-refractivity contribution in [2.75, 3.05) is 18.2 Å². The Bertz CT molecular complexity index is 454. The van der Waals surface area contributed by atoms with E-state index in [2.05, 4.69) is 16.8 Å². The van der Waals surface area contributed by atoms with Crippen LogP contribution in [0, 0.1) is 0 Å². The number of ether oxygens (including phenoxy) is 1. The van der Waals surface area contributed by atoms with Crippen molar-refractivity contribution >= 4 is 22.7 Å². The molecular weight excluding hydrogens is 220 g/mol. The number of anilines is 2. The molecule has 0 atom stereocenters. The maximum Gasteiger partial charge on any atom is 0.122 e. The number of methoxy groups -OCH3 is 1.